The van der Waals surface area contributed by atoms with Gasteiger partial charge in [-0.25, -0.2) is 14.4 Å². The quantitative estimate of drug-likeness (QED) is 0.654. The van der Waals surface area contributed by atoms with Crippen molar-refractivity contribution in [3.63, 3.8) is 0 Å². The Morgan fingerprint density at radius 3 is 2.66 bits per heavy atom. The number of likely N-dealkylation sites (tertiary alicyclic amines) is 1. The number of carbonyl (C=O) groups excluding carboxylic acids is 1. The second-order valence-corrected chi connectivity index (χ2v) is 8.84. The summed E-state index contributed by atoms with van der Waals surface area (Å²) in [4.78, 5) is 24.2. The highest BCUT2D eigenvalue weighted by Gasteiger charge is 2.25. The minimum Gasteiger partial charge on any atom is -0.369 e. The maximum Gasteiger partial charge on any atom is 0.224 e. The average molecular weight is 413 g/mol. The lowest BCUT2D eigenvalue weighted by Crippen LogP contribution is -2.43. The van der Waals surface area contributed by atoms with Crippen LogP contribution in [0.4, 0.5) is 10.2 Å². The van der Waals surface area contributed by atoms with E-state index in [2.05, 4.69) is 29.1 Å². The number of thiophene rings is 1. The smallest absolute Gasteiger partial charge is 0.224 e. The molecule has 1 fully saturated rings. The fraction of sp³-hybridized carbons (Fsp3) is 0.409. The number of halogens is 1. The van der Waals surface area contributed by atoms with Crippen molar-refractivity contribution in [2.45, 2.75) is 26.7 Å². The highest BCUT2D eigenvalue weighted by atomic mass is 32.1. The van der Waals surface area contributed by atoms with Crippen molar-refractivity contribution in [1.29, 1.82) is 0 Å². The summed E-state index contributed by atoms with van der Waals surface area (Å²) < 4.78 is 13.3. The minimum absolute atomic E-state index is 0.185. The van der Waals surface area contributed by atoms with Crippen molar-refractivity contribution >= 4 is 33.3 Å². The summed E-state index contributed by atoms with van der Waals surface area (Å²) >= 11 is 1.53. The predicted molar refractivity (Wildman–Crippen MR) is 115 cm³/mol. The Labute approximate surface area is 174 Å². The topological polar surface area (TPSA) is 58.1 Å². The molecule has 0 bridgehead atoms. The molecule has 2 atom stereocenters. The molecule has 29 heavy (non-hydrogen) atoms. The monoisotopic (exact) mass is 412 g/mol. The number of hydrogen-bond acceptors (Lipinski definition) is 5. The van der Waals surface area contributed by atoms with E-state index in [1.807, 2.05) is 10.3 Å². The summed E-state index contributed by atoms with van der Waals surface area (Å²) in [6.07, 6.45) is 3.15. The summed E-state index contributed by atoms with van der Waals surface area (Å²) in [6.45, 7) is 6.63. The lowest BCUT2D eigenvalue weighted by atomic mass is 9.92. The van der Waals surface area contributed by atoms with E-state index >= 15 is 0 Å². The molecule has 3 aromatic rings. The molecule has 1 saturated heterocycles. The number of fused-ring (bicyclic) bond motifs is 1. The summed E-state index contributed by atoms with van der Waals surface area (Å²) in [7, 11) is 0. The molecular weight excluding hydrogens is 387 g/mol. The van der Waals surface area contributed by atoms with Crippen molar-refractivity contribution < 1.29 is 9.18 Å². The summed E-state index contributed by atoms with van der Waals surface area (Å²) in [5.74, 6) is 1.75. The second-order valence-electron chi connectivity index (χ2n) is 7.98. The molecule has 152 valence electrons. The molecule has 0 radical (unpaired) electrons. The maximum absolute atomic E-state index is 13.3. The molecule has 2 aromatic heterocycles. The van der Waals surface area contributed by atoms with Crippen molar-refractivity contribution in [3.8, 4) is 11.1 Å². The summed E-state index contributed by atoms with van der Waals surface area (Å²) in [5, 5.41) is 6.25. The maximum atomic E-state index is 13.3. The van der Waals surface area contributed by atoms with Gasteiger partial charge in [-0.1, -0.05) is 26.0 Å². The molecule has 0 saturated carbocycles. The molecule has 2 unspecified atom stereocenters. The van der Waals surface area contributed by atoms with Crippen LogP contribution in [0.25, 0.3) is 21.3 Å². The van der Waals surface area contributed by atoms with Crippen molar-refractivity contribution in [3.05, 3.63) is 41.8 Å². The van der Waals surface area contributed by atoms with Gasteiger partial charge in [0, 0.05) is 37.0 Å². The lowest BCUT2D eigenvalue weighted by Gasteiger charge is -2.35. The normalized spacial score (nSPS) is 19.5. The summed E-state index contributed by atoms with van der Waals surface area (Å²) in [5.41, 5.74) is 1.89. The van der Waals surface area contributed by atoms with Crippen LogP contribution in [-0.4, -0.2) is 40.4 Å². The van der Waals surface area contributed by atoms with Gasteiger partial charge in [0.2, 0.25) is 5.91 Å². The SMILES string of the molecule is CC1CC(C)CN(C(=O)CCNc2ncnc3scc(-c4ccc(F)cc4)c23)C1. The van der Waals surface area contributed by atoms with E-state index in [0.29, 0.717) is 30.6 Å². The number of rotatable bonds is 5. The highest BCUT2D eigenvalue weighted by Crippen LogP contribution is 2.36. The first-order valence-corrected chi connectivity index (χ1v) is 10.9. The van der Waals surface area contributed by atoms with E-state index in [0.717, 1.165) is 34.4 Å². The third-order valence-corrected chi connectivity index (χ3v) is 6.26. The van der Waals surface area contributed by atoms with Crippen LogP contribution in [0.3, 0.4) is 0 Å². The number of nitrogens with one attached hydrogen (secondary N) is 1. The predicted octanol–water partition coefficient (Wildman–Crippen LogP) is 4.80. The first-order chi connectivity index (χ1) is 14.0. The highest BCUT2D eigenvalue weighted by molar-refractivity contribution is 7.17. The first kappa shape index (κ1) is 19.8. The molecule has 1 amide bonds. The van der Waals surface area contributed by atoms with E-state index in [-0.39, 0.29) is 11.7 Å². The van der Waals surface area contributed by atoms with Crippen LogP contribution in [0, 0.1) is 17.7 Å². The van der Waals surface area contributed by atoms with Crippen molar-refractivity contribution in [2.24, 2.45) is 11.8 Å². The zero-order valence-electron chi connectivity index (χ0n) is 16.7. The number of nitrogens with zero attached hydrogens (tertiary/aromatic N) is 3. The number of benzene rings is 1. The largest absolute Gasteiger partial charge is 0.369 e. The molecular formula is C22H25FN4OS. The van der Waals surface area contributed by atoms with Crippen LogP contribution in [0.5, 0.6) is 0 Å². The van der Waals surface area contributed by atoms with Crippen LogP contribution in [0.1, 0.15) is 26.7 Å². The molecule has 0 aliphatic carbocycles. The van der Waals surface area contributed by atoms with E-state index in [1.165, 1.54) is 36.2 Å². The first-order valence-electron chi connectivity index (χ1n) is 10.0. The van der Waals surface area contributed by atoms with Gasteiger partial charge in [0.25, 0.3) is 0 Å². The van der Waals surface area contributed by atoms with Gasteiger partial charge in [0.1, 0.15) is 22.8 Å². The number of piperidine rings is 1. The molecule has 3 heterocycles. The van der Waals surface area contributed by atoms with E-state index < -0.39 is 0 Å². The van der Waals surface area contributed by atoms with Crippen LogP contribution < -0.4 is 5.32 Å². The molecule has 5 nitrogen and oxygen atoms in total. The molecule has 0 spiro atoms. The average Bonchev–Trinajstić information content (AvgIpc) is 3.13. The molecule has 1 N–H and O–H groups in total. The van der Waals surface area contributed by atoms with Gasteiger partial charge >= 0.3 is 0 Å². The molecule has 1 aliphatic heterocycles. The van der Waals surface area contributed by atoms with Gasteiger partial charge in [-0.15, -0.1) is 11.3 Å². The van der Waals surface area contributed by atoms with E-state index in [1.54, 1.807) is 12.1 Å². The Balaban J connectivity index is 1.48. The number of anilines is 1. The van der Waals surface area contributed by atoms with Gasteiger partial charge in [-0.3, -0.25) is 4.79 Å². The van der Waals surface area contributed by atoms with Crippen LogP contribution in [0.2, 0.25) is 0 Å². The van der Waals surface area contributed by atoms with Crippen molar-refractivity contribution in [2.75, 3.05) is 25.0 Å². The fourth-order valence-electron chi connectivity index (χ4n) is 4.16. The number of carbonyl (C=O) groups is 1. The van der Waals surface area contributed by atoms with Crippen LogP contribution in [-0.2, 0) is 4.79 Å². The fourth-order valence-corrected chi connectivity index (χ4v) is 5.08. The van der Waals surface area contributed by atoms with Crippen LogP contribution >= 0.6 is 11.3 Å². The molecule has 4 rings (SSSR count). The number of amides is 1. The third-order valence-electron chi connectivity index (χ3n) is 5.38. The molecule has 7 heteroatoms. The second kappa shape index (κ2) is 8.45. The minimum atomic E-state index is -0.261. The number of hydrogen-bond donors (Lipinski definition) is 1. The Morgan fingerprint density at radius 1 is 1.21 bits per heavy atom. The van der Waals surface area contributed by atoms with Crippen molar-refractivity contribution in [1.82, 2.24) is 14.9 Å². The third kappa shape index (κ3) is 4.40. The zero-order valence-corrected chi connectivity index (χ0v) is 17.5. The van der Waals surface area contributed by atoms with Gasteiger partial charge in [0.15, 0.2) is 0 Å². The molecule has 1 aromatic carbocycles. The van der Waals surface area contributed by atoms with Gasteiger partial charge in [0.05, 0.1) is 5.39 Å². The standard InChI is InChI=1S/C22H25FN4OS/c1-14-9-15(2)11-27(10-14)19(28)7-8-24-21-20-18(12-29-22(20)26-13-25-21)16-3-5-17(23)6-4-16/h3-6,12-15H,7-11H2,1-2H3,(H,24,25,26). The van der Waals surface area contributed by atoms with Gasteiger partial charge < -0.3 is 10.2 Å². The van der Waals surface area contributed by atoms with Gasteiger partial charge in [-0.05, 0) is 36.0 Å². The number of aromatic nitrogens is 2. The summed E-state index contributed by atoms with van der Waals surface area (Å²) in [6, 6.07) is 6.43. The van der Waals surface area contributed by atoms with E-state index in [9.17, 15) is 9.18 Å². The zero-order chi connectivity index (χ0) is 20.4. The van der Waals surface area contributed by atoms with Gasteiger partial charge in [-0.2, -0.15) is 0 Å². The lowest BCUT2D eigenvalue weighted by molar-refractivity contribution is -0.133. The Morgan fingerprint density at radius 2 is 1.93 bits per heavy atom. The van der Waals surface area contributed by atoms with E-state index in [4.69, 9.17) is 0 Å². The Hall–Kier alpha value is -2.54. The van der Waals surface area contributed by atoms with Crippen LogP contribution in [0.15, 0.2) is 36.0 Å². The Kier molecular flexibility index (Phi) is 5.76. The molecule has 1 aliphatic rings. The Bertz CT molecular complexity index is 994.